The molecule has 0 atom stereocenters. The van der Waals surface area contributed by atoms with Crippen molar-refractivity contribution in [1.29, 1.82) is 0 Å². The van der Waals surface area contributed by atoms with Gasteiger partial charge in [0.2, 0.25) is 5.91 Å². The van der Waals surface area contributed by atoms with Crippen LogP contribution < -0.4 is 21.1 Å². The average molecular weight is 476 g/mol. The molecule has 3 saturated carbocycles. The lowest BCUT2D eigenvalue weighted by molar-refractivity contribution is -0.274. The van der Waals surface area contributed by atoms with E-state index in [1.807, 2.05) is 0 Å². The number of amides is 4. The molecule has 0 aromatic heterocycles. The second-order valence-electron chi connectivity index (χ2n) is 8.61. The Morgan fingerprint density at radius 2 is 1.85 bits per heavy atom. The fraction of sp³-hybridized carbons (Fsp3) is 0.550. The topological polar surface area (TPSA) is 123 Å². The number of alkyl halides is 3. The Balaban J connectivity index is 1.76. The molecule has 33 heavy (non-hydrogen) atoms. The van der Waals surface area contributed by atoms with E-state index < -0.39 is 53.6 Å². The van der Waals surface area contributed by atoms with Crippen molar-refractivity contribution in [1.82, 2.24) is 15.5 Å². The van der Waals surface area contributed by atoms with Crippen molar-refractivity contribution < 1.29 is 41.4 Å². The third-order valence-corrected chi connectivity index (χ3v) is 5.58. The highest BCUT2D eigenvalue weighted by Gasteiger charge is 2.72. The minimum atomic E-state index is -4.97. The van der Waals surface area contributed by atoms with E-state index in [-0.39, 0.29) is 18.2 Å². The lowest BCUT2D eigenvalue weighted by Crippen LogP contribution is -2.84. The number of urea groups is 1. The Morgan fingerprint density at radius 3 is 2.39 bits per heavy atom. The van der Waals surface area contributed by atoms with Gasteiger partial charge in [-0.1, -0.05) is 0 Å². The summed E-state index contributed by atoms with van der Waals surface area (Å²) in [6, 6.07) is 1.56. The van der Waals surface area contributed by atoms with Crippen LogP contribution in [0, 0.1) is 5.82 Å². The molecule has 0 spiro atoms. The lowest BCUT2D eigenvalue weighted by atomic mass is 9.43. The number of benzene rings is 1. The molecule has 9 nitrogen and oxygen atoms in total. The number of nitrogens with one attached hydrogen (secondary N) is 2. The summed E-state index contributed by atoms with van der Waals surface area (Å²) in [7, 11) is 0. The smallest absolute Gasteiger partial charge is 0.447 e. The number of alkyl carbamates (subject to hydrolysis) is 1. The second kappa shape index (κ2) is 8.60. The van der Waals surface area contributed by atoms with Crippen molar-refractivity contribution in [2.24, 2.45) is 5.73 Å². The lowest BCUT2D eigenvalue weighted by Gasteiger charge is -2.73. The molecule has 13 heteroatoms. The third-order valence-electron chi connectivity index (χ3n) is 5.58. The Bertz CT molecular complexity index is 933. The van der Waals surface area contributed by atoms with Gasteiger partial charge in [-0.3, -0.25) is 4.79 Å². The Kier molecular flexibility index (Phi) is 6.35. The highest BCUT2D eigenvalue weighted by Crippen LogP contribution is 2.64. The van der Waals surface area contributed by atoms with Crippen molar-refractivity contribution in [3.05, 3.63) is 29.6 Å². The molecular weight excluding hydrogens is 452 g/mol. The average Bonchev–Trinajstić information content (AvgIpc) is 2.60. The number of nitrogens with two attached hydrogens (primary N) is 1. The quantitative estimate of drug-likeness (QED) is 0.498. The predicted molar refractivity (Wildman–Crippen MR) is 105 cm³/mol. The zero-order chi connectivity index (χ0) is 24.6. The molecule has 3 fully saturated rings. The monoisotopic (exact) mass is 476 g/mol. The van der Waals surface area contributed by atoms with Gasteiger partial charge in [0, 0.05) is 12.1 Å². The number of ether oxygens (including phenoxy) is 2. The predicted octanol–water partition coefficient (Wildman–Crippen LogP) is 2.53. The molecule has 0 heterocycles. The zero-order valence-corrected chi connectivity index (χ0v) is 17.9. The van der Waals surface area contributed by atoms with Crippen molar-refractivity contribution in [3.63, 3.8) is 0 Å². The normalized spacial score (nSPS) is 23.1. The molecule has 0 radical (unpaired) electrons. The zero-order valence-electron chi connectivity index (χ0n) is 17.9. The summed E-state index contributed by atoms with van der Waals surface area (Å²) in [6.45, 7) is 2.54. The van der Waals surface area contributed by atoms with Crippen LogP contribution in [-0.2, 0) is 16.1 Å². The van der Waals surface area contributed by atoms with Crippen LogP contribution >= 0.6 is 0 Å². The van der Waals surface area contributed by atoms with E-state index in [0.717, 1.165) is 18.2 Å². The van der Waals surface area contributed by atoms with E-state index in [0.29, 0.717) is 19.3 Å². The number of carbonyl (C=O) groups is 3. The van der Waals surface area contributed by atoms with Crippen LogP contribution in [-0.4, -0.2) is 53.0 Å². The number of hydrogen-bond acceptors (Lipinski definition) is 5. The first kappa shape index (κ1) is 24.4. The van der Waals surface area contributed by atoms with Gasteiger partial charge in [-0.15, -0.1) is 13.2 Å². The summed E-state index contributed by atoms with van der Waals surface area (Å²) in [5, 5.41) is 4.92. The van der Waals surface area contributed by atoms with Gasteiger partial charge >= 0.3 is 18.5 Å². The molecule has 1 aromatic carbocycles. The molecule has 4 N–H and O–H groups in total. The number of primary amides is 1. The van der Waals surface area contributed by atoms with Gasteiger partial charge in [-0.2, -0.15) is 0 Å². The molecule has 3 aliphatic rings. The molecule has 1 aromatic rings. The Hall–Kier alpha value is -3.25. The maximum Gasteiger partial charge on any atom is 0.573 e. The maximum absolute atomic E-state index is 14.4. The van der Waals surface area contributed by atoms with Crippen LogP contribution in [0.3, 0.4) is 0 Å². The summed E-state index contributed by atoms with van der Waals surface area (Å²) in [5.41, 5.74) is 3.48. The van der Waals surface area contributed by atoms with E-state index in [2.05, 4.69) is 15.4 Å². The summed E-state index contributed by atoms with van der Waals surface area (Å²) in [4.78, 5) is 37.1. The van der Waals surface area contributed by atoms with Crippen molar-refractivity contribution >= 4 is 18.0 Å². The van der Waals surface area contributed by atoms with Gasteiger partial charge in [-0.05, 0) is 51.3 Å². The molecule has 3 aliphatic carbocycles. The van der Waals surface area contributed by atoms with E-state index in [9.17, 15) is 31.9 Å². The molecule has 0 unspecified atom stereocenters. The van der Waals surface area contributed by atoms with Gasteiger partial charge in [0.25, 0.3) is 0 Å². The first-order valence-corrected chi connectivity index (χ1v) is 10.1. The van der Waals surface area contributed by atoms with Crippen LogP contribution in [0.2, 0.25) is 0 Å². The van der Waals surface area contributed by atoms with Gasteiger partial charge in [0.05, 0.1) is 23.7 Å². The molecule has 2 bridgehead atoms. The summed E-state index contributed by atoms with van der Waals surface area (Å²) >= 11 is 0. The molecule has 0 saturated heterocycles. The SMILES string of the molecule is CC(C)OC(=O)NC12CC(N(Cc3cc(OC(F)(F)F)ccc3F)C(=O)CNC(N)=O)(C1)C2. The Labute approximate surface area is 186 Å². The second-order valence-corrected chi connectivity index (χ2v) is 8.61. The van der Waals surface area contributed by atoms with Crippen LogP contribution in [0.4, 0.5) is 27.2 Å². The fourth-order valence-corrected chi connectivity index (χ4v) is 4.43. The van der Waals surface area contributed by atoms with E-state index >= 15 is 0 Å². The first-order valence-electron chi connectivity index (χ1n) is 10.1. The van der Waals surface area contributed by atoms with E-state index in [1.54, 1.807) is 13.8 Å². The summed E-state index contributed by atoms with van der Waals surface area (Å²) in [6.07, 6.45) is -4.86. The molecular formula is C20H24F4N4O5. The molecule has 0 aliphatic heterocycles. The van der Waals surface area contributed by atoms with Crippen molar-refractivity contribution in [2.45, 2.75) is 63.2 Å². The molecule has 4 amide bonds. The summed E-state index contributed by atoms with van der Waals surface area (Å²) < 4.78 is 60.9. The first-order chi connectivity index (χ1) is 15.2. The van der Waals surface area contributed by atoms with Gasteiger partial charge in [-0.25, -0.2) is 14.0 Å². The third kappa shape index (κ3) is 5.57. The molecule has 182 valence electrons. The highest BCUT2D eigenvalue weighted by molar-refractivity contribution is 5.84. The van der Waals surface area contributed by atoms with Crippen LogP contribution in [0.1, 0.15) is 38.7 Å². The van der Waals surface area contributed by atoms with Crippen molar-refractivity contribution in [3.8, 4) is 5.75 Å². The van der Waals surface area contributed by atoms with Gasteiger partial charge in [0.1, 0.15) is 11.6 Å². The van der Waals surface area contributed by atoms with Crippen molar-refractivity contribution in [2.75, 3.05) is 6.54 Å². The standard InChI is InChI=1S/C20H24F4N4O5/c1-11(2)32-17(31)27-18-8-19(9-18,10-18)28(15(29)6-26-16(25)30)7-12-5-13(3-4-14(12)21)33-20(22,23)24/h3-5,11H,6-10H2,1-2H3,(H,27,31)(H3,25,26,30). The number of rotatable bonds is 8. The number of carbonyl (C=O) groups excluding carboxylic acids is 3. The minimum absolute atomic E-state index is 0.199. The largest absolute Gasteiger partial charge is 0.573 e. The van der Waals surface area contributed by atoms with E-state index in [4.69, 9.17) is 10.5 Å². The summed E-state index contributed by atoms with van der Waals surface area (Å²) in [5.74, 6) is -2.06. The van der Waals surface area contributed by atoms with E-state index in [1.165, 1.54) is 4.90 Å². The fourth-order valence-electron chi connectivity index (χ4n) is 4.43. The van der Waals surface area contributed by atoms with Gasteiger partial charge < -0.3 is 30.7 Å². The molecule has 4 rings (SSSR count). The highest BCUT2D eigenvalue weighted by atomic mass is 19.4. The number of hydrogen-bond donors (Lipinski definition) is 3. The van der Waals surface area contributed by atoms with Crippen LogP contribution in [0.15, 0.2) is 18.2 Å². The van der Waals surface area contributed by atoms with Gasteiger partial charge in [0.15, 0.2) is 0 Å². The maximum atomic E-state index is 14.4. The van der Waals surface area contributed by atoms with Crippen LogP contribution in [0.5, 0.6) is 5.75 Å². The Morgan fingerprint density at radius 1 is 1.21 bits per heavy atom. The number of nitrogens with zero attached hydrogens (tertiary/aromatic N) is 1. The number of halogens is 4. The van der Waals surface area contributed by atoms with Crippen LogP contribution in [0.25, 0.3) is 0 Å². The minimum Gasteiger partial charge on any atom is -0.447 e.